The van der Waals surface area contributed by atoms with Gasteiger partial charge < -0.3 is 35.0 Å². The molecule has 0 bridgehead atoms. The van der Waals surface area contributed by atoms with Gasteiger partial charge in [-0.15, -0.1) is 0 Å². The Balaban J connectivity index is 1.40. The van der Waals surface area contributed by atoms with Crippen molar-refractivity contribution < 1.29 is 19.4 Å². The summed E-state index contributed by atoms with van der Waals surface area (Å²) in [6.07, 6.45) is 3.10. The van der Waals surface area contributed by atoms with Gasteiger partial charge in [-0.2, -0.15) is 4.98 Å². The molecule has 12 heteroatoms. The van der Waals surface area contributed by atoms with Gasteiger partial charge in [-0.1, -0.05) is 0 Å². The first-order chi connectivity index (χ1) is 16.0. The van der Waals surface area contributed by atoms with E-state index in [9.17, 15) is 9.90 Å². The molecule has 0 spiro atoms. The SMILES string of the molecule is C[C@H](O)COC(=O)N1CC(N2CCc3c(-c4cnc(N)nc4)nc(N4CCOCC4)nc32)C1. The van der Waals surface area contributed by atoms with E-state index in [0.29, 0.717) is 32.3 Å². The Morgan fingerprint density at radius 1 is 1.24 bits per heavy atom. The average molecular weight is 457 g/mol. The number of anilines is 3. The van der Waals surface area contributed by atoms with E-state index in [1.807, 2.05) is 0 Å². The Labute approximate surface area is 191 Å². The van der Waals surface area contributed by atoms with E-state index < -0.39 is 12.2 Å². The number of rotatable bonds is 5. The lowest BCUT2D eigenvalue weighted by molar-refractivity contribution is 0.0375. The van der Waals surface area contributed by atoms with Crippen molar-refractivity contribution in [3.05, 3.63) is 18.0 Å². The van der Waals surface area contributed by atoms with Crippen molar-refractivity contribution in [1.29, 1.82) is 0 Å². The molecule has 0 unspecified atom stereocenters. The van der Waals surface area contributed by atoms with E-state index >= 15 is 0 Å². The molecule has 3 N–H and O–H groups in total. The predicted molar refractivity (Wildman–Crippen MR) is 120 cm³/mol. The highest BCUT2D eigenvalue weighted by atomic mass is 16.6. The molecule has 176 valence electrons. The van der Waals surface area contributed by atoms with Gasteiger partial charge in [-0.05, 0) is 13.3 Å². The minimum atomic E-state index is -0.678. The minimum absolute atomic E-state index is 0.00426. The molecule has 2 aromatic heterocycles. The monoisotopic (exact) mass is 456 g/mol. The highest BCUT2D eigenvalue weighted by Crippen LogP contribution is 2.37. The van der Waals surface area contributed by atoms with E-state index in [1.54, 1.807) is 24.2 Å². The van der Waals surface area contributed by atoms with Crippen LogP contribution in [0.2, 0.25) is 0 Å². The fourth-order valence-corrected chi connectivity index (χ4v) is 4.31. The molecule has 2 fully saturated rings. The molecule has 0 aromatic carbocycles. The normalized spacial score (nSPS) is 19.3. The van der Waals surface area contributed by atoms with Crippen LogP contribution in [0.4, 0.5) is 22.5 Å². The van der Waals surface area contributed by atoms with Crippen molar-refractivity contribution in [2.24, 2.45) is 0 Å². The Kier molecular flexibility index (Phi) is 5.85. The van der Waals surface area contributed by atoms with Crippen molar-refractivity contribution in [2.45, 2.75) is 25.5 Å². The second kappa shape index (κ2) is 8.94. The summed E-state index contributed by atoms with van der Waals surface area (Å²) < 4.78 is 10.6. The van der Waals surface area contributed by atoms with Gasteiger partial charge in [-0.3, -0.25) is 0 Å². The largest absolute Gasteiger partial charge is 0.447 e. The fourth-order valence-electron chi connectivity index (χ4n) is 4.31. The van der Waals surface area contributed by atoms with E-state index in [0.717, 1.165) is 48.7 Å². The third-order valence-corrected chi connectivity index (χ3v) is 6.10. The van der Waals surface area contributed by atoms with Crippen LogP contribution in [-0.2, 0) is 15.9 Å². The second-order valence-corrected chi connectivity index (χ2v) is 8.53. The summed E-state index contributed by atoms with van der Waals surface area (Å²) in [5.74, 6) is 1.76. The van der Waals surface area contributed by atoms with Crippen molar-refractivity contribution in [3.8, 4) is 11.3 Å². The number of ether oxygens (including phenoxy) is 2. The molecule has 5 heterocycles. The van der Waals surface area contributed by atoms with E-state index in [2.05, 4.69) is 19.8 Å². The van der Waals surface area contributed by atoms with Crippen LogP contribution in [0.15, 0.2) is 12.4 Å². The van der Waals surface area contributed by atoms with Crippen LogP contribution in [-0.4, -0.2) is 101 Å². The van der Waals surface area contributed by atoms with E-state index in [-0.39, 0.29) is 18.6 Å². The number of aliphatic hydroxyl groups is 1. The summed E-state index contributed by atoms with van der Waals surface area (Å²) in [7, 11) is 0. The zero-order valence-electron chi connectivity index (χ0n) is 18.6. The number of aliphatic hydroxyl groups excluding tert-OH is 1. The Morgan fingerprint density at radius 3 is 2.67 bits per heavy atom. The maximum absolute atomic E-state index is 12.2. The topological polar surface area (TPSA) is 143 Å². The van der Waals surface area contributed by atoms with Crippen LogP contribution < -0.4 is 15.5 Å². The molecule has 1 atom stereocenters. The molecule has 0 aliphatic carbocycles. The summed E-state index contributed by atoms with van der Waals surface area (Å²) >= 11 is 0. The number of carbonyl (C=O) groups excluding carboxylic acids is 1. The number of amides is 1. The van der Waals surface area contributed by atoms with Gasteiger partial charge in [0.05, 0.1) is 31.1 Å². The highest BCUT2D eigenvalue weighted by Gasteiger charge is 2.40. The number of nitrogens with two attached hydrogens (primary N) is 1. The van der Waals surface area contributed by atoms with Crippen molar-refractivity contribution >= 4 is 23.8 Å². The van der Waals surface area contributed by atoms with Gasteiger partial charge in [0, 0.05) is 56.2 Å². The maximum Gasteiger partial charge on any atom is 0.409 e. The standard InChI is InChI=1S/C21H28N8O4/c1-13(30)12-33-21(31)28-10-15(11-28)29-3-2-16-17(14-8-23-19(22)24-9-14)25-20(26-18(16)29)27-4-6-32-7-5-27/h8-9,13,15,30H,2-7,10-12H2,1H3,(H2,22,23,24)/t13-/m0/s1. The molecule has 0 saturated carbocycles. The zero-order chi connectivity index (χ0) is 22.9. The summed E-state index contributed by atoms with van der Waals surface area (Å²) in [6.45, 7) is 6.20. The molecule has 2 aromatic rings. The quantitative estimate of drug-likeness (QED) is 0.623. The molecular weight excluding hydrogens is 428 g/mol. The van der Waals surface area contributed by atoms with Crippen LogP contribution in [0.3, 0.4) is 0 Å². The molecule has 3 aliphatic rings. The third-order valence-electron chi connectivity index (χ3n) is 6.10. The molecule has 0 radical (unpaired) electrons. The van der Waals surface area contributed by atoms with Crippen molar-refractivity contribution in [1.82, 2.24) is 24.8 Å². The number of likely N-dealkylation sites (tertiary alicyclic amines) is 1. The Morgan fingerprint density at radius 2 is 1.97 bits per heavy atom. The fraction of sp³-hybridized carbons (Fsp3) is 0.571. The number of nitrogens with zero attached hydrogens (tertiary/aromatic N) is 7. The third kappa shape index (κ3) is 4.35. The summed E-state index contributed by atoms with van der Waals surface area (Å²) in [6, 6.07) is 0.147. The number of fused-ring (bicyclic) bond motifs is 1. The van der Waals surface area contributed by atoms with Crippen LogP contribution in [0, 0.1) is 0 Å². The smallest absolute Gasteiger partial charge is 0.409 e. The molecular formula is C21H28N8O4. The van der Waals surface area contributed by atoms with Crippen LogP contribution >= 0.6 is 0 Å². The van der Waals surface area contributed by atoms with Gasteiger partial charge in [0.25, 0.3) is 0 Å². The van der Waals surface area contributed by atoms with E-state index in [4.69, 9.17) is 25.2 Å². The first kappa shape index (κ1) is 21.6. The number of hydrogen-bond donors (Lipinski definition) is 2. The van der Waals surface area contributed by atoms with E-state index in [1.165, 1.54) is 0 Å². The van der Waals surface area contributed by atoms with Gasteiger partial charge in [0.15, 0.2) is 0 Å². The summed E-state index contributed by atoms with van der Waals surface area (Å²) in [5, 5.41) is 9.33. The molecule has 1 amide bonds. The number of morpholine rings is 1. The molecule has 12 nitrogen and oxygen atoms in total. The first-order valence-electron chi connectivity index (χ1n) is 11.2. The lowest BCUT2D eigenvalue weighted by atomic mass is 10.1. The average Bonchev–Trinajstić information content (AvgIpc) is 3.21. The number of nitrogen functional groups attached to an aromatic ring is 1. The number of aromatic nitrogens is 4. The van der Waals surface area contributed by atoms with Crippen molar-refractivity contribution in [3.63, 3.8) is 0 Å². The molecule has 2 saturated heterocycles. The van der Waals surface area contributed by atoms with Gasteiger partial charge in [0.2, 0.25) is 11.9 Å². The van der Waals surface area contributed by atoms with Gasteiger partial charge in [-0.25, -0.2) is 19.7 Å². The lowest BCUT2D eigenvalue weighted by Crippen LogP contribution is -2.61. The number of hydrogen-bond acceptors (Lipinski definition) is 11. The van der Waals surface area contributed by atoms with Gasteiger partial charge >= 0.3 is 6.09 Å². The Hall–Kier alpha value is -3.25. The maximum atomic E-state index is 12.2. The second-order valence-electron chi connectivity index (χ2n) is 8.53. The van der Waals surface area contributed by atoms with Crippen LogP contribution in [0.1, 0.15) is 12.5 Å². The lowest BCUT2D eigenvalue weighted by Gasteiger charge is -2.44. The van der Waals surface area contributed by atoms with Crippen LogP contribution in [0.5, 0.6) is 0 Å². The summed E-state index contributed by atoms with van der Waals surface area (Å²) in [4.78, 5) is 36.3. The highest BCUT2D eigenvalue weighted by molar-refractivity contribution is 5.74. The van der Waals surface area contributed by atoms with Gasteiger partial charge in [0.1, 0.15) is 12.4 Å². The molecule has 3 aliphatic heterocycles. The summed E-state index contributed by atoms with van der Waals surface area (Å²) in [5.41, 5.74) is 8.36. The predicted octanol–water partition coefficient (Wildman–Crippen LogP) is -0.0835. The molecule has 5 rings (SSSR count). The minimum Gasteiger partial charge on any atom is -0.447 e. The zero-order valence-corrected chi connectivity index (χ0v) is 18.6. The van der Waals surface area contributed by atoms with Crippen LogP contribution in [0.25, 0.3) is 11.3 Å². The first-order valence-corrected chi connectivity index (χ1v) is 11.2. The molecule has 33 heavy (non-hydrogen) atoms. The number of carbonyl (C=O) groups is 1. The van der Waals surface area contributed by atoms with Crippen molar-refractivity contribution in [2.75, 3.05) is 68.1 Å². The Bertz CT molecular complexity index is 1010.